The zero-order chi connectivity index (χ0) is 16.1. The zero-order valence-corrected chi connectivity index (χ0v) is 13.0. The van der Waals surface area contributed by atoms with Crippen molar-refractivity contribution in [2.75, 3.05) is 11.4 Å². The maximum absolute atomic E-state index is 12.8. The lowest BCUT2D eigenvalue weighted by molar-refractivity contribution is -0.154. The summed E-state index contributed by atoms with van der Waals surface area (Å²) in [5.41, 5.74) is -0.0564. The van der Waals surface area contributed by atoms with Crippen molar-refractivity contribution in [1.29, 1.82) is 0 Å². The summed E-state index contributed by atoms with van der Waals surface area (Å²) in [5.74, 6) is -0.620. The average molecular weight is 304 g/mol. The molecule has 1 aromatic heterocycles. The van der Waals surface area contributed by atoms with Gasteiger partial charge in [0.2, 0.25) is 5.91 Å². The van der Waals surface area contributed by atoms with Gasteiger partial charge in [0.25, 0.3) is 0 Å². The average Bonchev–Trinajstić information content (AvgIpc) is 2.60. The molecule has 0 radical (unpaired) electrons. The summed E-state index contributed by atoms with van der Waals surface area (Å²) in [7, 11) is 0. The normalized spacial score (nSPS) is 26.8. The van der Waals surface area contributed by atoms with Crippen LogP contribution in [0.3, 0.4) is 0 Å². The molecule has 0 unspecified atom stereocenters. The third-order valence-corrected chi connectivity index (χ3v) is 4.06. The molecule has 1 aromatic rings. The number of esters is 1. The fourth-order valence-corrected chi connectivity index (χ4v) is 3.22. The Bertz CT molecular complexity index is 629. The largest absolute Gasteiger partial charge is 0.459 e. The molecular formula is C16H20N2O4. The van der Waals surface area contributed by atoms with E-state index >= 15 is 0 Å². The number of amides is 1. The summed E-state index contributed by atoms with van der Waals surface area (Å²) in [6, 6.07) is 3.52. The van der Waals surface area contributed by atoms with Gasteiger partial charge >= 0.3 is 5.97 Å². The van der Waals surface area contributed by atoms with E-state index in [1.165, 1.54) is 4.90 Å². The van der Waals surface area contributed by atoms with Gasteiger partial charge in [0.15, 0.2) is 0 Å². The molecule has 0 atom stereocenters. The van der Waals surface area contributed by atoms with Crippen LogP contribution in [0.1, 0.15) is 39.3 Å². The first-order valence-electron chi connectivity index (χ1n) is 7.40. The zero-order valence-electron chi connectivity index (χ0n) is 13.0. The summed E-state index contributed by atoms with van der Waals surface area (Å²) < 4.78 is 5.30. The van der Waals surface area contributed by atoms with Crippen LogP contribution in [-0.2, 0) is 19.7 Å². The number of aliphatic hydroxyl groups is 1. The number of fused-ring (bicyclic) bond motifs is 2. The Balaban J connectivity index is 1.87. The van der Waals surface area contributed by atoms with Gasteiger partial charge in [0.1, 0.15) is 12.1 Å². The number of nitrogens with zero attached hydrogens (tertiary/aromatic N) is 2. The standard InChI is InChI=1S/C16H20N2O4/c1-15(2,3)22-12(20)9-18-11-5-4-6-17-13(11)16(14(18)21)7-10(19)8-16/h4-6,10,19H,7-9H2,1-3H3. The molecule has 118 valence electrons. The number of carbonyl (C=O) groups excluding carboxylic acids is 2. The van der Waals surface area contributed by atoms with Gasteiger partial charge in [-0.3, -0.25) is 19.5 Å². The van der Waals surface area contributed by atoms with E-state index in [-0.39, 0.29) is 12.5 Å². The molecule has 1 spiro atoms. The number of carbonyl (C=O) groups is 2. The van der Waals surface area contributed by atoms with Gasteiger partial charge in [-0.25, -0.2) is 0 Å². The van der Waals surface area contributed by atoms with Crippen LogP contribution < -0.4 is 4.90 Å². The summed E-state index contributed by atoms with van der Waals surface area (Å²) >= 11 is 0. The highest BCUT2D eigenvalue weighted by Gasteiger charge is 2.59. The molecule has 1 fully saturated rings. The molecule has 2 aliphatic rings. The number of ether oxygens (including phenoxy) is 1. The van der Waals surface area contributed by atoms with E-state index in [2.05, 4.69) is 4.98 Å². The third-order valence-electron chi connectivity index (χ3n) is 4.06. The monoisotopic (exact) mass is 304 g/mol. The lowest BCUT2D eigenvalue weighted by Gasteiger charge is -2.40. The van der Waals surface area contributed by atoms with Gasteiger partial charge in [-0.15, -0.1) is 0 Å². The first-order valence-corrected chi connectivity index (χ1v) is 7.40. The highest BCUT2D eigenvalue weighted by molar-refractivity contribution is 6.10. The van der Waals surface area contributed by atoms with Crippen LogP contribution in [-0.4, -0.2) is 40.2 Å². The molecule has 6 nitrogen and oxygen atoms in total. The molecular weight excluding hydrogens is 284 g/mol. The number of aliphatic hydroxyl groups excluding tert-OH is 1. The molecule has 1 aliphatic carbocycles. The molecule has 6 heteroatoms. The lowest BCUT2D eigenvalue weighted by atomic mass is 9.65. The van der Waals surface area contributed by atoms with E-state index in [1.807, 2.05) is 0 Å². The van der Waals surface area contributed by atoms with Crippen molar-refractivity contribution in [3.8, 4) is 0 Å². The van der Waals surface area contributed by atoms with E-state index in [1.54, 1.807) is 39.1 Å². The van der Waals surface area contributed by atoms with Crippen molar-refractivity contribution >= 4 is 17.6 Å². The summed E-state index contributed by atoms with van der Waals surface area (Å²) in [5, 5.41) is 9.65. The van der Waals surface area contributed by atoms with E-state index in [9.17, 15) is 14.7 Å². The Morgan fingerprint density at radius 2 is 2.18 bits per heavy atom. The molecule has 3 rings (SSSR count). The number of pyridine rings is 1. The predicted molar refractivity (Wildman–Crippen MR) is 79.4 cm³/mol. The highest BCUT2D eigenvalue weighted by atomic mass is 16.6. The second-order valence-electron chi connectivity index (χ2n) is 6.99. The van der Waals surface area contributed by atoms with Crippen molar-refractivity contribution in [3.05, 3.63) is 24.0 Å². The van der Waals surface area contributed by atoms with Crippen LogP contribution >= 0.6 is 0 Å². The fraction of sp³-hybridized carbons (Fsp3) is 0.562. The maximum atomic E-state index is 12.8. The van der Waals surface area contributed by atoms with E-state index < -0.39 is 23.1 Å². The predicted octanol–water partition coefficient (Wildman–Crippen LogP) is 1.16. The smallest absolute Gasteiger partial charge is 0.326 e. The lowest BCUT2D eigenvalue weighted by Crippen LogP contribution is -2.53. The highest BCUT2D eigenvalue weighted by Crippen LogP contribution is 2.52. The van der Waals surface area contributed by atoms with Crippen LogP contribution in [0.4, 0.5) is 5.69 Å². The van der Waals surface area contributed by atoms with Crippen LogP contribution in [0.2, 0.25) is 0 Å². The van der Waals surface area contributed by atoms with Crippen molar-refractivity contribution in [3.63, 3.8) is 0 Å². The minimum absolute atomic E-state index is 0.132. The molecule has 0 aromatic carbocycles. The van der Waals surface area contributed by atoms with Crippen LogP contribution in [0, 0.1) is 0 Å². The van der Waals surface area contributed by atoms with Crippen LogP contribution in [0.15, 0.2) is 18.3 Å². The number of hydrogen-bond acceptors (Lipinski definition) is 5. The molecule has 1 aliphatic heterocycles. The molecule has 0 saturated heterocycles. The second kappa shape index (κ2) is 4.78. The van der Waals surface area contributed by atoms with E-state index in [0.29, 0.717) is 24.2 Å². The van der Waals surface area contributed by atoms with Crippen molar-refractivity contribution in [1.82, 2.24) is 4.98 Å². The van der Waals surface area contributed by atoms with E-state index in [4.69, 9.17) is 4.74 Å². The number of hydrogen-bond donors (Lipinski definition) is 1. The molecule has 1 saturated carbocycles. The quantitative estimate of drug-likeness (QED) is 0.829. The second-order valence-corrected chi connectivity index (χ2v) is 6.99. The van der Waals surface area contributed by atoms with Gasteiger partial charge in [-0.1, -0.05) is 0 Å². The first kappa shape index (κ1) is 15.0. The molecule has 22 heavy (non-hydrogen) atoms. The Morgan fingerprint density at radius 3 is 2.77 bits per heavy atom. The Labute approximate surface area is 129 Å². The Hall–Kier alpha value is -1.95. The van der Waals surface area contributed by atoms with Crippen molar-refractivity contribution < 1.29 is 19.4 Å². The number of aromatic nitrogens is 1. The SMILES string of the molecule is CC(C)(C)OC(=O)CN1C(=O)C2(CC(O)C2)c2ncccc21. The van der Waals surface area contributed by atoms with Gasteiger partial charge in [0.05, 0.1) is 22.9 Å². The third kappa shape index (κ3) is 2.27. The molecule has 1 N–H and O–H groups in total. The topological polar surface area (TPSA) is 79.7 Å². The maximum Gasteiger partial charge on any atom is 0.326 e. The molecule has 0 bridgehead atoms. The first-order chi connectivity index (χ1) is 10.2. The minimum atomic E-state index is -0.766. The van der Waals surface area contributed by atoms with E-state index in [0.717, 1.165) is 0 Å². The number of rotatable bonds is 2. The van der Waals surface area contributed by atoms with Gasteiger partial charge in [0, 0.05) is 6.20 Å². The van der Waals surface area contributed by atoms with Crippen molar-refractivity contribution in [2.24, 2.45) is 0 Å². The van der Waals surface area contributed by atoms with Gasteiger partial charge in [-0.2, -0.15) is 0 Å². The molecule has 1 amide bonds. The van der Waals surface area contributed by atoms with Crippen LogP contribution in [0.5, 0.6) is 0 Å². The Morgan fingerprint density at radius 1 is 1.50 bits per heavy atom. The number of anilines is 1. The van der Waals surface area contributed by atoms with Gasteiger partial charge in [-0.05, 0) is 45.7 Å². The molecule has 2 heterocycles. The van der Waals surface area contributed by atoms with Crippen molar-refractivity contribution in [2.45, 2.75) is 50.7 Å². The summed E-state index contributed by atoms with van der Waals surface area (Å²) in [6.45, 7) is 5.23. The Kier molecular flexibility index (Phi) is 3.25. The fourth-order valence-electron chi connectivity index (χ4n) is 3.22. The minimum Gasteiger partial charge on any atom is -0.459 e. The van der Waals surface area contributed by atoms with Crippen LogP contribution in [0.25, 0.3) is 0 Å². The summed E-state index contributed by atoms with van der Waals surface area (Å²) in [6.07, 6.45) is 1.87. The van der Waals surface area contributed by atoms with Gasteiger partial charge < -0.3 is 9.84 Å². The summed E-state index contributed by atoms with van der Waals surface area (Å²) in [4.78, 5) is 30.6.